The lowest BCUT2D eigenvalue weighted by molar-refractivity contribution is -0.384. The maximum Gasteiger partial charge on any atom is 0.279 e. The van der Waals surface area contributed by atoms with Crippen LogP contribution in [0.25, 0.3) is 22.2 Å². The first-order chi connectivity index (χ1) is 11.5. The fourth-order valence-corrected chi connectivity index (χ4v) is 2.67. The Hall–Kier alpha value is -2.55. The van der Waals surface area contributed by atoms with Crippen molar-refractivity contribution in [3.05, 3.63) is 50.4 Å². The Kier molecular flexibility index (Phi) is 4.43. The maximum atomic E-state index is 12.5. The molecule has 0 fully saturated rings. The summed E-state index contributed by atoms with van der Waals surface area (Å²) in [6.07, 6.45) is 0.739. The molecule has 0 atom stereocenters. The van der Waals surface area contributed by atoms with E-state index >= 15 is 0 Å². The molecule has 0 aliphatic carbocycles. The van der Waals surface area contributed by atoms with Crippen molar-refractivity contribution in [2.45, 2.75) is 19.9 Å². The van der Waals surface area contributed by atoms with Gasteiger partial charge in [-0.05, 0) is 25.5 Å². The number of aryl methyl sites for hydroxylation is 2. The Bertz CT molecular complexity index is 962. The molecule has 0 amide bonds. The van der Waals surface area contributed by atoms with Crippen LogP contribution in [0, 0.1) is 17.0 Å². The van der Waals surface area contributed by atoms with Gasteiger partial charge in [0.2, 0.25) is 5.58 Å². The quantitative estimate of drug-likeness (QED) is 0.375. The zero-order valence-electron chi connectivity index (χ0n) is 12.7. The number of hydrogen-bond donors (Lipinski definition) is 0. The molecule has 124 valence electrons. The van der Waals surface area contributed by atoms with Crippen molar-refractivity contribution in [1.82, 2.24) is 14.9 Å². The molecule has 1 aromatic carbocycles. The number of non-ortho nitro benzene ring substituents is 1. The van der Waals surface area contributed by atoms with Gasteiger partial charge in [-0.2, -0.15) is 5.10 Å². The molecule has 3 aromatic rings. The van der Waals surface area contributed by atoms with Crippen LogP contribution < -0.4 is 5.56 Å². The summed E-state index contributed by atoms with van der Waals surface area (Å²) in [6.45, 7) is 2.15. The first kappa shape index (κ1) is 16.3. The standard InChI is InChI=1S/C15H13BrN4O4/c1-9-12-14(24-18-9)13(17-19(15(12)21)8-2-7-16)10-3-5-11(6-4-10)20(22)23/h3-6H,2,7-8H2,1H3. The summed E-state index contributed by atoms with van der Waals surface area (Å²) in [5, 5.41) is 20.2. The Morgan fingerprint density at radius 3 is 2.67 bits per heavy atom. The molecule has 0 saturated carbocycles. The van der Waals surface area contributed by atoms with Crippen molar-refractivity contribution < 1.29 is 9.45 Å². The first-order valence-corrected chi connectivity index (χ1v) is 8.33. The summed E-state index contributed by atoms with van der Waals surface area (Å²) in [7, 11) is 0. The van der Waals surface area contributed by atoms with E-state index in [4.69, 9.17) is 4.52 Å². The Labute approximate surface area is 144 Å². The van der Waals surface area contributed by atoms with E-state index in [9.17, 15) is 14.9 Å². The minimum atomic E-state index is -0.470. The largest absolute Gasteiger partial charge is 0.353 e. The molecule has 0 bridgehead atoms. The van der Waals surface area contributed by atoms with Crippen LogP contribution in [-0.2, 0) is 6.54 Å². The molecule has 0 N–H and O–H groups in total. The van der Waals surface area contributed by atoms with Gasteiger partial charge in [-0.3, -0.25) is 14.9 Å². The minimum absolute atomic E-state index is 0.0173. The third-order valence-corrected chi connectivity index (χ3v) is 4.16. The van der Waals surface area contributed by atoms with Crippen molar-refractivity contribution in [2.24, 2.45) is 0 Å². The maximum absolute atomic E-state index is 12.5. The Morgan fingerprint density at radius 2 is 2.04 bits per heavy atom. The van der Waals surface area contributed by atoms with E-state index in [-0.39, 0.29) is 11.2 Å². The lowest BCUT2D eigenvalue weighted by Crippen LogP contribution is -2.24. The highest BCUT2D eigenvalue weighted by Crippen LogP contribution is 2.27. The number of nitro groups is 1. The number of rotatable bonds is 5. The normalized spacial score (nSPS) is 11.1. The fourth-order valence-electron chi connectivity index (χ4n) is 2.41. The van der Waals surface area contributed by atoms with E-state index in [0.29, 0.717) is 34.5 Å². The molecule has 0 unspecified atom stereocenters. The number of nitrogens with zero attached hydrogens (tertiary/aromatic N) is 4. The molecule has 3 rings (SSSR count). The fraction of sp³-hybridized carbons (Fsp3) is 0.267. The molecule has 2 aromatic heterocycles. The number of alkyl halides is 1. The van der Waals surface area contributed by atoms with Gasteiger partial charge in [-0.25, -0.2) is 4.68 Å². The predicted molar refractivity (Wildman–Crippen MR) is 91.3 cm³/mol. The highest BCUT2D eigenvalue weighted by Gasteiger charge is 2.19. The van der Waals surface area contributed by atoms with E-state index in [2.05, 4.69) is 26.2 Å². The number of aromatic nitrogens is 3. The van der Waals surface area contributed by atoms with Gasteiger partial charge in [0.25, 0.3) is 11.2 Å². The van der Waals surface area contributed by atoms with Crippen molar-refractivity contribution in [2.75, 3.05) is 5.33 Å². The van der Waals surface area contributed by atoms with Gasteiger partial charge in [-0.1, -0.05) is 21.1 Å². The van der Waals surface area contributed by atoms with E-state index in [1.165, 1.54) is 16.8 Å². The SMILES string of the molecule is Cc1noc2c(-c3ccc([N+](=O)[O-])cc3)nn(CCCBr)c(=O)c12. The van der Waals surface area contributed by atoms with Crippen LogP contribution in [-0.4, -0.2) is 25.2 Å². The van der Waals surface area contributed by atoms with Gasteiger partial charge in [0, 0.05) is 29.6 Å². The van der Waals surface area contributed by atoms with Crippen molar-refractivity contribution in [3.8, 4) is 11.3 Å². The third-order valence-electron chi connectivity index (χ3n) is 3.60. The molecule has 0 aliphatic heterocycles. The topological polar surface area (TPSA) is 104 Å². The van der Waals surface area contributed by atoms with Crippen molar-refractivity contribution in [1.29, 1.82) is 0 Å². The summed E-state index contributed by atoms with van der Waals surface area (Å²) in [6, 6.07) is 5.94. The van der Waals surface area contributed by atoms with Gasteiger partial charge in [-0.15, -0.1) is 0 Å². The Morgan fingerprint density at radius 1 is 1.33 bits per heavy atom. The van der Waals surface area contributed by atoms with Crippen LogP contribution in [0.3, 0.4) is 0 Å². The van der Waals surface area contributed by atoms with E-state index in [1.54, 1.807) is 19.1 Å². The van der Waals surface area contributed by atoms with Crippen LogP contribution >= 0.6 is 15.9 Å². The summed E-state index contributed by atoms with van der Waals surface area (Å²) in [4.78, 5) is 22.9. The van der Waals surface area contributed by atoms with Gasteiger partial charge in [0.1, 0.15) is 11.1 Å². The summed E-state index contributed by atoms with van der Waals surface area (Å²) >= 11 is 3.34. The monoisotopic (exact) mass is 392 g/mol. The zero-order chi connectivity index (χ0) is 17.3. The van der Waals surface area contributed by atoms with Crippen LogP contribution in [0.15, 0.2) is 33.6 Å². The first-order valence-electron chi connectivity index (χ1n) is 7.21. The lowest BCUT2D eigenvalue weighted by atomic mass is 10.1. The summed E-state index contributed by atoms with van der Waals surface area (Å²) in [5.74, 6) is 0. The second-order valence-corrected chi connectivity index (χ2v) is 5.99. The van der Waals surface area contributed by atoms with E-state index in [1.807, 2.05) is 0 Å². The molecule has 0 radical (unpaired) electrons. The van der Waals surface area contributed by atoms with Gasteiger partial charge in [0.15, 0.2) is 0 Å². The molecule has 0 spiro atoms. The predicted octanol–water partition coefficient (Wildman–Crippen LogP) is 3.05. The van der Waals surface area contributed by atoms with Crippen LogP contribution in [0.2, 0.25) is 0 Å². The third kappa shape index (κ3) is 2.82. The zero-order valence-corrected chi connectivity index (χ0v) is 14.3. The number of hydrogen-bond acceptors (Lipinski definition) is 6. The number of fused-ring (bicyclic) bond motifs is 1. The van der Waals surface area contributed by atoms with E-state index < -0.39 is 4.92 Å². The highest BCUT2D eigenvalue weighted by atomic mass is 79.9. The smallest absolute Gasteiger partial charge is 0.279 e. The molecule has 0 aliphatic rings. The summed E-state index contributed by atoms with van der Waals surface area (Å²) in [5.41, 5.74) is 1.57. The molecule has 9 heteroatoms. The lowest BCUT2D eigenvalue weighted by Gasteiger charge is -2.07. The van der Waals surface area contributed by atoms with Gasteiger partial charge >= 0.3 is 0 Å². The molecular weight excluding hydrogens is 380 g/mol. The van der Waals surface area contributed by atoms with Crippen LogP contribution in [0.1, 0.15) is 12.1 Å². The molecular formula is C15H13BrN4O4. The minimum Gasteiger partial charge on any atom is -0.353 e. The van der Waals surface area contributed by atoms with Crippen molar-refractivity contribution in [3.63, 3.8) is 0 Å². The molecule has 2 heterocycles. The number of benzene rings is 1. The Balaban J connectivity index is 2.21. The second kappa shape index (κ2) is 6.52. The molecule has 24 heavy (non-hydrogen) atoms. The highest BCUT2D eigenvalue weighted by molar-refractivity contribution is 9.09. The molecule has 0 saturated heterocycles. The average Bonchev–Trinajstić information content (AvgIpc) is 2.97. The van der Waals surface area contributed by atoms with Crippen molar-refractivity contribution >= 4 is 32.6 Å². The second-order valence-electron chi connectivity index (χ2n) is 5.20. The van der Waals surface area contributed by atoms with Gasteiger partial charge < -0.3 is 4.52 Å². The van der Waals surface area contributed by atoms with Crippen LogP contribution in [0.5, 0.6) is 0 Å². The molecule has 8 nitrogen and oxygen atoms in total. The van der Waals surface area contributed by atoms with Crippen LogP contribution in [0.4, 0.5) is 5.69 Å². The number of nitro benzene ring substituents is 1. The summed E-state index contributed by atoms with van der Waals surface area (Å²) < 4.78 is 6.66. The number of halogens is 1. The van der Waals surface area contributed by atoms with Gasteiger partial charge in [0.05, 0.1) is 10.6 Å². The average molecular weight is 393 g/mol. The van der Waals surface area contributed by atoms with E-state index in [0.717, 1.165) is 11.8 Å².